The highest BCUT2D eigenvalue weighted by Crippen LogP contribution is 2.30. The van der Waals surface area contributed by atoms with Crippen LogP contribution in [0.2, 0.25) is 0 Å². The van der Waals surface area contributed by atoms with Gasteiger partial charge in [0, 0.05) is 19.1 Å². The molecule has 0 amide bonds. The number of methoxy groups -OCH3 is 1. The van der Waals surface area contributed by atoms with Gasteiger partial charge in [0.2, 0.25) is 0 Å². The number of ether oxygens (including phenoxy) is 1. The molecule has 0 aromatic carbocycles. The van der Waals surface area contributed by atoms with Crippen LogP contribution in [0.3, 0.4) is 0 Å². The van der Waals surface area contributed by atoms with Crippen molar-refractivity contribution in [3.05, 3.63) is 0 Å². The molecule has 0 aromatic rings. The molecule has 14 heavy (non-hydrogen) atoms. The van der Waals surface area contributed by atoms with Gasteiger partial charge < -0.3 is 4.74 Å². The van der Waals surface area contributed by atoms with E-state index in [9.17, 15) is 4.79 Å². The van der Waals surface area contributed by atoms with Gasteiger partial charge in [-0.2, -0.15) is 0 Å². The van der Waals surface area contributed by atoms with Gasteiger partial charge in [-0.05, 0) is 26.3 Å². The average Bonchev–Trinajstić information content (AvgIpc) is 2.97. The van der Waals surface area contributed by atoms with E-state index in [2.05, 4.69) is 18.7 Å². The Morgan fingerprint density at radius 3 is 2.64 bits per heavy atom. The minimum absolute atomic E-state index is 0.340. The Morgan fingerprint density at radius 1 is 1.57 bits per heavy atom. The molecule has 1 aliphatic carbocycles. The first-order valence-corrected chi connectivity index (χ1v) is 5.44. The van der Waals surface area contributed by atoms with Crippen molar-refractivity contribution in [1.82, 2.24) is 4.90 Å². The van der Waals surface area contributed by atoms with Gasteiger partial charge >= 0.3 is 0 Å². The number of hydrogen-bond donors (Lipinski definition) is 0. The van der Waals surface area contributed by atoms with Crippen LogP contribution in [0.5, 0.6) is 0 Å². The summed E-state index contributed by atoms with van der Waals surface area (Å²) < 4.78 is 5.09. The summed E-state index contributed by atoms with van der Waals surface area (Å²) in [6.45, 7) is 6.42. The van der Waals surface area contributed by atoms with E-state index in [1.54, 1.807) is 7.11 Å². The molecular weight excluding hydrogens is 178 g/mol. The first-order valence-electron chi connectivity index (χ1n) is 5.44. The van der Waals surface area contributed by atoms with Gasteiger partial charge in [-0.3, -0.25) is 9.69 Å². The molecule has 1 rings (SSSR count). The fourth-order valence-electron chi connectivity index (χ4n) is 1.66. The van der Waals surface area contributed by atoms with Gasteiger partial charge in [-0.25, -0.2) is 0 Å². The van der Waals surface area contributed by atoms with Crippen LogP contribution in [0.4, 0.5) is 0 Å². The Kier molecular flexibility index (Phi) is 4.55. The highest BCUT2D eigenvalue weighted by Gasteiger charge is 2.30. The molecule has 0 spiro atoms. The summed E-state index contributed by atoms with van der Waals surface area (Å²) in [5, 5.41) is 0. The van der Waals surface area contributed by atoms with E-state index in [1.807, 2.05) is 0 Å². The van der Waals surface area contributed by atoms with E-state index in [0.29, 0.717) is 30.9 Å². The molecule has 3 heteroatoms. The zero-order valence-corrected chi connectivity index (χ0v) is 9.45. The lowest BCUT2D eigenvalue weighted by Crippen LogP contribution is -2.40. The third-order valence-electron chi connectivity index (χ3n) is 2.83. The molecule has 82 valence electrons. The SMILES string of the molecule is CCN(CC(=O)C1CC1)C(C)COC. The molecule has 0 heterocycles. The van der Waals surface area contributed by atoms with E-state index in [4.69, 9.17) is 4.74 Å². The van der Waals surface area contributed by atoms with E-state index in [0.717, 1.165) is 19.4 Å². The van der Waals surface area contributed by atoms with Crippen molar-refractivity contribution in [2.24, 2.45) is 5.92 Å². The Bertz CT molecular complexity index is 190. The second-order valence-corrected chi connectivity index (χ2v) is 4.11. The van der Waals surface area contributed by atoms with Crippen LogP contribution in [0.15, 0.2) is 0 Å². The quantitative estimate of drug-likeness (QED) is 0.619. The summed E-state index contributed by atoms with van der Waals surface area (Å²) in [5.74, 6) is 0.786. The van der Waals surface area contributed by atoms with Gasteiger partial charge in [0.25, 0.3) is 0 Å². The van der Waals surface area contributed by atoms with Crippen LogP contribution >= 0.6 is 0 Å². The number of carbonyl (C=O) groups excluding carboxylic acids is 1. The van der Waals surface area contributed by atoms with E-state index in [-0.39, 0.29) is 0 Å². The Balaban J connectivity index is 2.32. The lowest BCUT2D eigenvalue weighted by atomic mass is 10.2. The number of ketones is 1. The predicted octanol–water partition coefficient (Wildman–Crippen LogP) is 1.32. The summed E-state index contributed by atoms with van der Waals surface area (Å²) in [4.78, 5) is 13.8. The van der Waals surface area contributed by atoms with E-state index < -0.39 is 0 Å². The van der Waals surface area contributed by atoms with Crippen LogP contribution in [0.1, 0.15) is 26.7 Å². The minimum atomic E-state index is 0.340. The maximum Gasteiger partial charge on any atom is 0.149 e. The molecular formula is C11H21NO2. The van der Waals surface area contributed by atoms with Crippen molar-refractivity contribution < 1.29 is 9.53 Å². The second kappa shape index (κ2) is 5.47. The predicted molar refractivity (Wildman–Crippen MR) is 56.3 cm³/mol. The standard InChI is InChI=1S/C11H21NO2/c1-4-12(9(2)8-14-3)7-11(13)10-5-6-10/h9-10H,4-8H2,1-3H3. The minimum Gasteiger partial charge on any atom is -0.383 e. The largest absolute Gasteiger partial charge is 0.383 e. The van der Waals surface area contributed by atoms with E-state index in [1.165, 1.54) is 0 Å². The fraction of sp³-hybridized carbons (Fsp3) is 0.909. The van der Waals surface area contributed by atoms with Gasteiger partial charge in [0.15, 0.2) is 0 Å². The second-order valence-electron chi connectivity index (χ2n) is 4.11. The molecule has 1 fully saturated rings. The van der Waals surface area contributed by atoms with Gasteiger partial charge in [-0.1, -0.05) is 6.92 Å². The summed E-state index contributed by atoms with van der Waals surface area (Å²) in [7, 11) is 1.70. The molecule has 1 unspecified atom stereocenters. The lowest BCUT2D eigenvalue weighted by Gasteiger charge is -2.26. The molecule has 1 aliphatic rings. The third-order valence-corrected chi connectivity index (χ3v) is 2.83. The molecule has 0 bridgehead atoms. The van der Waals surface area contributed by atoms with Crippen LogP contribution in [0.25, 0.3) is 0 Å². The fourth-order valence-corrected chi connectivity index (χ4v) is 1.66. The average molecular weight is 199 g/mol. The van der Waals surface area contributed by atoms with Crippen molar-refractivity contribution in [2.45, 2.75) is 32.7 Å². The molecule has 0 aromatic heterocycles. The maximum atomic E-state index is 11.6. The molecule has 1 atom stereocenters. The third kappa shape index (κ3) is 3.39. The molecule has 1 saturated carbocycles. The molecule has 0 saturated heterocycles. The number of Topliss-reactive ketones (excluding diaryl/α,β-unsaturated/α-hetero) is 1. The van der Waals surface area contributed by atoms with Gasteiger partial charge in [0.05, 0.1) is 13.2 Å². The van der Waals surface area contributed by atoms with Gasteiger partial charge in [-0.15, -0.1) is 0 Å². The highest BCUT2D eigenvalue weighted by atomic mass is 16.5. The van der Waals surface area contributed by atoms with E-state index >= 15 is 0 Å². The van der Waals surface area contributed by atoms with Crippen LogP contribution in [0, 0.1) is 5.92 Å². The number of nitrogens with zero attached hydrogens (tertiary/aromatic N) is 1. The van der Waals surface area contributed by atoms with Crippen LogP contribution in [-0.2, 0) is 9.53 Å². The van der Waals surface area contributed by atoms with Gasteiger partial charge in [0.1, 0.15) is 5.78 Å². The van der Waals surface area contributed by atoms with Crippen molar-refractivity contribution >= 4 is 5.78 Å². The summed E-state index contributed by atoms with van der Waals surface area (Å²) in [6.07, 6.45) is 2.21. The highest BCUT2D eigenvalue weighted by molar-refractivity contribution is 5.85. The molecule has 3 nitrogen and oxygen atoms in total. The molecule has 0 radical (unpaired) electrons. The number of carbonyl (C=O) groups is 1. The smallest absolute Gasteiger partial charge is 0.149 e. The van der Waals surface area contributed by atoms with Crippen molar-refractivity contribution in [2.75, 3.05) is 26.8 Å². The summed E-state index contributed by atoms with van der Waals surface area (Å²) in [6, 6.07) is 0.340. The number of hydrogen-bond acceptors (Lipinski definition) is 3. The number of likely N-dealkylation sites (N-methyl/N-ethyl adjacent to an activating group) is 1. The van der Waals surface area contributed by atoms with Crippen molar-refractivity contribution in [3.63, 3.8) is 0 Å². The summed E-state index contributed by atoms with van der Waals surface area (Å²) >= 11 is 0. The normalized spacial score (nSPS) is 18.6. The first-order chi connectivity index (χ1) is 6.69. The van der Waals surface area contributed by atoms with Crippen molar-refractivity contribution in [3.8, 4) is 0 Å². The summed E-state index contributed by atoms with van der Waals surface area (Å²) in [5.41, 5.74) is 0. The number of rotatable bonds is 7. The Morgan fingerprint density at radius 2 is 2.21 bits per heavy atom. The topological polar surface area (TPSA) is 29.5 Å². The Labute approximate surface area is 86.4 Å². The van der Waals surface area contributed by atoms with Crippen LogP contribution in [-0.4, -0.2) is 43.5 Å². The lowest BCUT2D eigenvalue weighted by molar-refractivity contribution is -0.122. The zero-order valence-electron chi connectivity index (χ0n) is 9.45. The van der Waals surface area contributed by atoms with Crippen LogP contribution < -0.4 is 0 Å². The maximum absolute atomic E-state index is 11.6. The zero-order chi connectivity index (χ0) is 10.6. The monoisotopic (exact) mass is 199 g/mol. The van der Waals surface area contributed by atoms with Crippen molar-refractivity contribution in [1.29, 1.82) is 0 Å². The first kappa shape index (κ1) is 11.7. The Hall–Kier alpha value is -0.410. The molecule has 0 aliphatic heterocycles. The molecule has 0 N–H and O–H groups in total.